The Kier molecular flexibility index (Phi) is 3.85. The quantitative estimate of drug-likeness (QED) is 0.796. The number of fused-ring (bicyclic) bond motifs is 1. The second-order valence-electron chi connectivity index (χ2n) is 5.39. The summed E-state index contributed by atoms with van der Waals surface area (Å²) < 4.78 is 0. The standard InChI is InChI=1S/C13H24N2O/c1-10-9-11-5-2-3-6-12(11)15(10)13(16)7-4-8-14/h10-12H,2-9,14H2,1H3. The molecule has 1 saturated heterocycles. The fourth-order valence-corrected chi connectivity index (χ4v) is 3.52. The third kappa shape index (κ3) is 2.24. The molecule has 0 radical (unpaired) electrons. The van der Waals surface area contributed by atoms with Crippen molar-refractivity contribution in [2.75, 3.05) is 6.54 Å². The molecule has 3 unspecified atom stereocenters. The zero-order valence-corrected chi connectivity index (χ0v) is 10.3. The van der Waals surface area contributed by atoms with Crippen LogP contribution in [0.15, 0.2) is 0 Å². The van der Waals surface area contributed by atoms with E-state index in [0.29, 0.717) is 31.0 Å². The molecule has 1 amide bonds. The average molecular weight is 224 g/mol. The first kappa shape index (κ1) is 11.9. The van der Waals surface area contributed by atoms with E-state index in [-0.39, 0.29) is 0 Å². The van der Waals surface area contributed by atoms with E-state index in [9.17, 15) is 4.79 Å². The molecule has 0 aromatic heterocycles. The van der Waals surface area contributed by atoms with Crippen LogP contribution in [0.4, 0.5) is 0 Å². The van der Waals surface area contributed by atoms with Gasteiger partial charge in [0.1, 0.15) is 0 Å². The van der Waals surface area contributed by atoms with E-state index in [2.05, 4.69) is 11.8 Å². The molecule has 1 aliphatic heterocycles. The van der Waals surface area contributed by atoms with Gasteiger partial charge in [0.05, 0.1) is 0 Å². The number of nitrogens with two attached hydrogens (primary N) is 1. The summed E-state index contributed by atoms with van der Waals surface area (Å²) >= 11 is 0. The van der Waals surface area contributed by atoms with Crippen LogP contribution in [0.1, 0.15) is 51.9 Å². The Morgan fingerprint density at radius 2 is 2.12 bits per heavy atom. The van der Waals surface area contributed by atoms with E-state index in [1.165, 1.54) is 32.1 Å². The SMILES string of the molecule is CC1CC2CCCCC2N1C(=O)CCCN. The summed E-state index contributed by atoms with van der Waals surface area (Å²) in [5, 5.41) is 0. The van der Waals surface area contributed by atoms with E-state index in [0.717, 1.165) is 12.3 Å². The molecule has 3 heteroatoms. The fourth-order valence-electron chi connectivity index (χ4n) is 3.52. The lowest BCUT2D eigenvalue weighted by atomic mass is 9.85. The lowest BCUT2D eigenvalue weighted by Gasteiger charge is -2.33. The molecular formula is C13H24N2O. The Hall–Kier alpha value is -0.570. The lowest BCUT2D eigenvalue weighted by Crippen LogP contribution is -2.42. The molecule has 0 bridgehead atoms. The number of hydrogen-bond acceptors (Lipinski definition) is 2. The van der Waals surface area contributed by atoms with Crippen LogP contribution in [0, 0.1) is 5.92 Å². The second kappa shape index (κ2) is 5.17. The largest absolute Gasteiger partial charge is 0.337 e. The number of carbonyl (C=O) groups is 1. The van der Waals surface area contributed by atoms with Crippen molar-refractivity contribution in [3.05, 3.63) is 0 Å². The topological polar surface area (TPSA) is 46.3 Å². The number of likely N-dealkylation sites (tertiary alicyclic amines) is 1. The summed E-state index contributed by atoms with van der Waals surface area (Å²) in [5.74, 6) is 1.12. The van der Waals surface area contributed by atoms with Crippen LogP contribution >= 0.6 is 0 Å². The summed E-state index contributed by atoms with van der Waals surface area (Å²) in [5.41, 5.74) is 5.47. The van der Waals surface area contributed by atoms with Gasteiger partial charge in [0.25, 0.3) is 0 Å². The first-order valence-corrected chi connectivity index (χ1v) is 6.75. The highest BCUT2D eigenvalue weighted by atomic mass is 16.2. The minimum absolute atomic E-state index is 0.340. The maximum atomic E-state index is 12.1. The van der Waals surface area contributed by atoms with Crippen molar-refractivity contribution in [1.82, 2.24) is 4.90 Å². The van der Waals surface area contributed by atoms with Gasteiger partial charge >= 0.3 is 0 Å². The van der Waals surface area contributed by atoms with Gasteiger partial charge in [-0.15, -0.1) is 0 Å². The van der Waals surface area contributed by atoms with Crippen molar-refractivity contribution in [2.24, 2.45) is 11.7 Å². The van der Waals surface area contributed by atoms with E-state index in [1.54, 1.807) is 0 Å². The maximum absolute atomic E-state index is 12.1. The van der Waals surface area contributed by atoms with Gasteiger partial charge in [-0.05, 0) is 45.1 Å². The smallest absolute Gasteiger partial charge is 0.223 e. The fraction of sp³-hybridized carbons (Fsp3) is 0.923. The molecule has 3 nitrogen and oxygen atoms in total. The van der Waals surface area contributed by atoms with Gasteiger partial charge < -0.3 is 10.6 Å². The second-order valence-corrected chi connectivity index (χ2v) is 5.39. The number of nitrogens with zero attached hydrogens (tertiary/aromatic N) is 1. The number of hydrogen-bond donors (Lipinski definition) is 1. The van der Waals surface area contributed by atoms with Crippen LogP contribution < -0.4 is 5.73 Å². The summed E-state index contributed by atoms with van der Waals surface area (Å²) in [7, 11) is 0. The van der Waals surface area contributed by atoms with Gasteiger partial charge in [0, 0.05) is 18.5 Å². The molecule has 2 N–H and O–H groups in total. The molecule has 16 heavy (non-hydrogen) atoms. The van der Waals surface area contributed by atoms with Crippen LogP contribution in [-0.2, 0) is 4.79 Å². The van der Waals surface area contributed by atoms with Crippen LogP contribution in [-0.4, -0.2) is 29.4 Å². The van der Waals surface area contributed by atoms with Crippen molar-refractivity contribution >= 4 is 5.91 Å². The molecule has 0 spiro atoms. The molecule has 1 heterocycles. The molecule has 1 aliphatic carbocycles. The van der Waals surface area contributed by atoms with Gasteiger partial charge in [-0.1, -0.05) is 12.8 Å². The molecular weight excluding hydrogens is 200 g/mol. The van der Waals surface area contributed by atoms with Crippen LogP contribution in [0.25, 0.3) is 0 Å². The van der Waals surface area contributed by atoms with Gasteiger partial charge in [0.15, 0.2) is 0 Å². The lowest BCUT2D eigenvalue weighted by molar-refractivity contribution is -0.134. The van der Waals surface area contributed by atoms with E-state index in [1.807, 2.05) is 0 Å². The van der Waals surface area contributed by atoms with Crippen molar-refractivity contribution in [3.8, 4) is 0 Å². The van der Waals surface area contributed by atoms with E-state index < -0.39 is 0 Å². The van der Waals surface area contributed by atoms with Crippen LogP contribution in [0.5, 0.6) is 0 Å². The highest BCUT2D eigenvalue weighted by Crippen LogP contribution is 2.39. The molecule has 0 aromatic rings. The van der Waals surface area contributed by atoms with Crippen molar-refractivity contribution in [1.29, 1.82) is 0 Å². The predicted molar refractivity (Wildman–Crippen MR) is 65.0 cm³/mol. The molecule has 1 saturated carbocycles. The Bertz CT molecular complexity index is 254. The molecule has 2 aliphatic rings. The van der Waals surface area contributed by atoms with Crippen LogP contribution in [0.3, 0.4) is 0 Å². The summed E-state index contributed by atoms with van der Waals surface area (Å²) in [6, 6.07) is 1.01. The van der Waals surface area contributed by atoms with Gasteiger partial charge in [0.2, 0.25) is 5.91 Å². The third-order valence-electron chi connectivity index (χ3n) is 4.23. The maximum Gasteiger partial charge on any atom is 0.223 e. The van der Waals surface area contributed by atoms with Gasteiger partial charge in [-0.3, -0.25) is 4.79 Å². The van der Waals surface area contributed by atoms with Crippen molar-refractivity contribution in [2.45, 2.75) is 64.0 Å². The summed E-state index contributed by atoms with van der Waals surface area (Å²) in [6.07, 6.45) is 7.91. The first-order valence-electron chi connectivity index (χ1n) is 6.75. The van der Waals surface area contributed by atoms with Crippen LogP contribution in [0.2, 0.25) is 0 Å². The molecule has 2 rings (SSSR count). The number of carbonyl (C=O) groups excluding carboxylic acids is 1. The first-order chi connectivity index (χ1) is 7.74. The minimum Gasteiger partial charge on any atom is -0.337 e. The summed E-state index contributed by atoms with van der Waals surface area (Å²) in [6.45, 7) is 2.83. The molecule has 0 aromatic carbocycles. The Morgan fingerprint density at radius 3 is 2.88 bits per heavy atom. The Morgan fingerprint density at radius 1 is 1.38 bits per heavy atom. The molecule has 2 fully saturated rings. The van der Waals surface area contributed by atoms with Crippen molar-refractivity contribution < 1.29 is 4.79 Å². The highest BCUT2D eigenvalue weighted by Gasteiger charge is 2.41. The number of amides is 1. The average Bonchev–Trinajstić information content (AvgIpc) is 2.62. The zero-order valence-electron chi connectivity index (χ0n) is 10.3. The third-order valence-corrected chi connectivity index (χ3v) is 4.23. The zero-order chi connectivity index (χ0) is 11.5. The molecule has 92 valence electrons. The predicted octanol–water partition coefficient (Wildman–Crippen LogP) is 1.90. The highest BCUT2D eigenvalue weighted by molar-refractivity contribution is 5.77. The minimum atomic E-state index is 0.340. The Balaban J connectivity index is 1.98. The van der Waals surface area contributed by atoms with Gasteiger partial charge in [-0.2, -0.15) is 0 Å². The Labute approximate surface area is 98.4 Å². The molecule has 3 atom stereocenters. The van der Waals surface area contributed by atoms with Gasteiger partial charge in [-0.25, -0.2) is 0 Å². The summed E-state index contributed by atoms with van der Waals surface area (Å²) in [4.78, 5) is 14.3. The number of rotatable bonds is 3. The van der Waals surface area contributed by atoms with E-state index >= 15 is 0 Å². The normalized spacial score (nSPS) is 33.9. The van der Waals surface area contributed by atoms with Crippen molar-refractivity contribution in [3.63, 3.8) is 0 Å². The van der Waals surface area contributed by atoms with E-state index in [4.69, 9.17) is 5.73 Å². The monoisotopic (exact) mass is 224 g/mol.